The Hall–Kier alpha value is -1.02. The summed E-state index contributed by atoms with van der Waals surface area (Å²) in [5, 5.41) is 8.76. The van der Waals surface area contributed by atoms with Crippen LogP contribution in [0, 0.1) is 0 Å². The van der Waals surface area contributed by atoms with Crippen LogP contribution in [0.5, 0.6) is 0 Å². The number of hydrogen-bond acceptors (Lipinski definition) is 3. The second-order valence-electron chi connectivity index (χ2n) is 3.25. The molecule has 1 aromatic carbocycles. The Labute approximate surface area is 121 Å². The zero-order valence-electron chi connectivity index (χ0n) is 8.87. The quantitative estimate of drug-likeness (QED) is 0.666. The number of aliphatic imine (C=N–C) groups is 1. The van der Waals surface area contributed by atoms with E-state index in [-0.39, 0.29) is 30.0 Å². The zero-order chi connectivity index (χ0) is 11.4. The number of nitrogens with one attached hydrogen (secondary N) is 3. The van der Waals surface area contributed by atoms with E-state index < -0.39 is 0 Å². The molecule has 1 aliphatic heterocycles. The molecular formula is C10H12ClIN4O. The van der Waals surface area contributed by atoms with Gasteiger partial charge in [-0.2, -0.15) is 0 Å². The predicted octanol–water partition coefficient (Wildman–Crippen LogP) is 2.04. The van der Waals surface area contributed by atoms with Gasteiger partial charge in [-0.3, -0.25) is 10.3 Å². The molecule has 3 N–H and O–H groups in total. The van der Waals surface area contributed by atoms with Gasteiger partial charge in [0, 0.05) is 17.3 Å². The third-order valence-corrected chi connectivity index (χ3v) is 2.22. The van der Waals surface area contributed by atoms with Crippen molar-refractivity contribution in [2.75, 3.05) is 18.4 Å². The summed E-state index contributed by atoms with van der Waals surface area (Å²) in [5.41, 5.74) is 0.642. The Morgan fingerprint density at radius 2 is 2.24 bits per heavy atom. The van der Waals surface area contributed by atoms with Crippen LogP contribution in [0.2, 0.25) is 5.02 Å². The fourth-order valence-corrected chi connectivity index (χ4v) is 1.51. The van der Waals surface area contributed by atoms with Crippen molar-refractivity contribution in [2.45, 2.75) is 0 Å². The number of rotatable bonds is 1. The summed E-state index contributed by atoms with van der Waals surface area (Å²) in [6.07, 6.45) is 0. The molecule has 1 aromatic rings. The van der Waals surface area contributed by atoms with Crippen LogP contribution in [0.15, 0.2) is 29.3 Å². The summed E-state index contributed by atoms with van der Waals surface area (Å²) in [6, 6.07) is 6.60. The van der Waals surface area contributed by atoms with Gasteiger partial charge in [-0.15, -0.1) is 24.0 Å². The minimum absolute atomic E-state index is 0. The lowest BCUT2D eigenvalue weighted by Crippen LogP contribution is -2.40. The molecule has 0 aromatic heterocycles. The molecule has 92 valence electrons. The normalized spacial score (nSPS) is 13.1. The first-order chi connectivity index (χ1) is 7.74. The highest BCUT2D eigenvalue weighted by Crippen LogP contribution is 2.14. The molecule has 0 saturated heterocycles. The van der Waals surface area contributed by atoms with E-state index >= 15 is 0 Å². The molecule has 0 radical (unpaired) electrons. The molecule has 0 unspecified atom stereocenters. The summed E-state index contributed by atoms with van der Waals surface area (Å²) in [7, 11) is 0. The summed E-state index contributed by atoms with van der Waals surface area (Å²) in [6.45, 7) is 1.44. The average molecular weight is 367 g/mol. The fourth-order valence-electron chi connectivity index (χ4n) is 1.32. The second kappa shape index (κ2) is 6.65. The van der Waals surface area contributed by atoms with Crippen molar-refractivity contribution in [1.82, 2.24) is 10.6 Å². The summed E-state index contributed by atoms with van der Waals surface area (Å²) >= 11 is 5.79. The fraction of sp³-hybridized carbons (Fsp3) is 0.200. The van der Waals surface area contributed by atoms with Crippen molar-refractivity contribution in [3.05, 3.63) is 29.3 Å². The van der Waals surface area contributed by atoms with E-state index in [4.69, 9.17) is 11.6 Å². The maximum absolute atomic E-state index is 11.5. The van der Waals surface area contributed by atoms with E-state index in [0.717, 1.165) is 6.54 Å². The first-order valence-electron chi connectivity index (χ1n) is 4.86. The Morgan fingerprint density at radius 3 is 2.88 bits per heavy atom. The van der Waals surface area contributed by atoms with E-state index in [0.29, 0.717) is 23.2 Å². The summed E-state index contributed by atoms with van der Waals surface area (Å²) in [5.74, 6) is 0.500. The first kappa shape index (κ1) is 14.0. The van der Waals surface area contributed by atoms with Gasteiger partial charge in [-0.25, -0.2) is 4.79 Å². The van der Waals surface area contributed by atoms with Crippen molar-refractivity contribution in [3.8, 4) is 0 Å². The van der Waals surface area contributed by atoms with E-state index in [1.54, 1.807) is 24.3 Å². The van der Waals surface area contributed by atoms with Crippen LogP contribution in [0.1, 0.15) is 0 Å². The van der Waals surface area contributed by atoms with Crippen LogP contribution < -0.4 is 16.0 Å². The van der Waals surface area contributed by atoms with Crippen LogP contribution in [0.4, 0.5) is 10.5 Å². The molecule has 1 aliphatic rings. The van der Waals surface area contributed by atoms with Gasteiger partial charge in [0.1, 0.15) is 0 Å². The Bertz CT molecular complexity index is 438. The number of urea groups is 1. The second-order valence-corrected chi connectivity index (χ2v) is 3.68. The molecule has 0 fully saturated rings. The summed E-state index contributed by atoms with van der Waals surface area (Å²) < 4.78 is 0. The van der Waals surface area contributed by atoms with Crippen LogP contribution in [0.3, 0.4) is 0 Å². The molecule has 0 spiro atoms. The largest absolute Gasteiger partial charge is 0.354 e. The first-order valence-corrected chi connectivity index (χ1v) is 5.24. The standard InChI is InChI=1S/C10H11ClN4O.HI/c11-7-2-1-3-8(6-7)14-10(16)15-9-12-4-5-13-9;/h1-3,6H,4-5H2,(H3,12,13,14,15,16);1H. The number of carbonyl (C=O) groups excluding carboxylic acids is 1. The van der Waals surface area contributed by atoms with Gasteiger partial charge in [-0.05, 0) is 18.2 Å². The van der Waals surface area contributed by atoms with Gasteiger partial charge in [0.25, 0.3) is 0 Å². The number of amides is 2. The molecule has 17 heavy (non-hydrogen) atoms. The molecular weight excluding hydrogens is 354 g/mol. The molecule has 2 rings (SSSR count). The molecule has 0 aliphatic carbocycles. The lowest BCUT2D eigenvalue weighted by Gasteiger charge is -2.07. The number of carbonyl (C=O) groups is 1. The van der Waals surface area contributed by atoms with Gasteiger partial charge in [-0.1, -0.05) is 17.7 Å². The molecule has 0 bridgehead atoms. The van der Waals surface area contributed by atoms with Crippen molar-refractivity contribution in [3.63, 3.8) is 0 Å². The maximum atomic E-state index is 11.5. The number of guanidine groups is 1. The number of halogens is 2. The van der Waals surface area contributed by atoms with E-state index in [2.05, 4.69) is 20.9 Å². The van der Waals surface area contributed by atoms with Crippen LogP contribution in [0.25, 0.3) is 0 Å². The molecule has 1 heterocycles. The highest BCUT2D eigenvalue weighted by Gasteiger charge is 2.08. The number of nitrogens with zero attached hydrogens (tertiary/aromatic N) is 1. The minimum Gasteiger partial charge on any atom is -0.354 e. The molecule has 2 amide bonds. The predicted molar refractivity (Wildman–Crippen MR) is 79.3 cm³/mol. The van der Waals surface area contributed by atoms with Crippen LogP contribution in [-0.2, 0) is 0 Å². The van der Waals surface area contributed by atoms with Gasteiger partial charge in [0.2, 0.25) is 0 Å². The van der Waals surface area contributed by atoms with Crippen LogP contribution >= 0.6 is 35.6 Å². The van der Waals surface area contributed by atoms with Crippen molar-refractivity contribution >= 4 is 53.3 Å². The lowest BCUT2D eigenvalue weighted by atomic mass is 10.3. The van der Waals surface area contributed by atoms with Gasteiger partial charge < -0.3 is 10.6 Å². The molecule has 0 saturated carbocycles. The topological polar surface area (TPSA) is 65.5 Å². The Balaban J connectivity index is 0.00000144. The zero-order valence-corrected chi connectivity index (χ0v) is 12.0. The number of benzene rings is 1. The molecule has 0 atom stereocenters. The minimum atomic E-state index is -0.338. The highest BCUT2D eigenvalue weighted by molar-refractivity contribution is 14.0. The number of anilines is 1. The van der Waals surface area contributed by atoms with E-state index in [9.17, 15) is 4.79 Å². The lowest BCUT2D eigenvalue weighted by molar-refractivity contribution is 0.256. The van der Waals surface area contributed by atoms with Crippen molar-refractivity contribution < 1.29 is 4.79 Å². The maximum Gasteiger partial charge on any atom is 0.325 e. The molecule has 5 nitrogen and oxygen atoms in total. The Kier molecular flexibility index (Phi) is 5.49. The monoisotopic (exact) mass is 366 g/mol. The third kappa shape index (κ3) is 4.39. The van der Waals surface area contributed by atoms with Gasteiger partial charge in [0.05, 0.1) is 6.54 Å². The van der Waals surface area contributed by atoms with Gasteiger partial charge in [0.15, 0.2) is 5.96 Å². The average Bonchev–Trinajstić information content (AvgIpc) is 2.70. The summed E-state index contributed by atoms with van der Waals surface area (Å²) in [4.78, 5) is 15.5. The van der Waals surface area contributed by atoms with Crippen molar-refractivity contribution in [1.29, 1.82) is 0 Å². The third-order valence-electron chi connectivity index (χ3n) is 1.99. The highest BCUT2D eigenvalue weighted by atomic mass is 127. The SMILES string of the molecule is I.O=C(NC1=NCCN1)Nc1cccc(Cl)c1. The molecule has 7 heteroatoms. The van der Waals surface area contributed by atoms with Crippen molar-refractivity contribution in [2.24, 2.45) is 4.99 Å². The Morgan fingerprint density at radius 1 is 1.41 bits per heavy atom. The van der Waals surface area contributed by atoms with E-state index in [1.807, 2.05) is 0 Å². The smallest absolute Gasteiger partial charge is 0.325 e. The number of hydrogen-bond donors (Lipinski definition) is 3. The van der Waals surface area contributed by atoms with Crippen LogP contribution in [-0.4, -0.2) is 25.1 Å². The van der Waals surface area contributed by atoms with E-state index in [1.165, 1.54) is 0 Å². The van der Waals surface area contributed by atoms with Gasteiger partial charge >= 0.3 is 6.03 Å².